The molecule has 1 saturated heterocycles. The summed E-state index contributed by atoms with van der Waals surface area (Å²) in [5.41, 5.74) is 0.354. The van der Waals surface area contributed by atoms with E-state index in [2.05, 4.69) is 44.8 Å². The van der Waals surface area contributed by atoms with Crippen molar-refractivity contribution in [2.24, 2.45) is 17.3 Å². The lowest BCUT2D eigenvalue weighted by Crippen LogP contribution is -2.47. The summed E-state index contributed by atoms with van der Waals surface area (Å²) in [7, 11) is 0. The van der Waals surface area contributed by atoms with E-state index in [1.165, 1.54) is 19.3 Å². The Kier molecular flexibility index (Phi) is 7.49. The van der Waals surface area contributed by atoms with Crippen molar-refractivity contribution in [2.45, 2.75) is 59.9 Å². The predicted octanol–water partition coefficient (Wildman–Crippen LogP) is 2.74. The molecule has 120 valence electrons. The smallest absolute Gasteiger partial charge is 0.0589 e. The molecular weight excluding hydrogens is 248 g/mol. The molecule has 0 aromatic rings. The molecule has 0 aromatic carbocycles. The van der Waals surface area contributed by atoms with E-state index in [4.69, 9.17) is 0 Å². The van der Waals surface area contributed by atoms with Gasteiger partial charge in [-0.15, -0.1) is 0 Å². The third-order valence-electron chi connectivity index (χ3n) is 5.28. The van der Waals surface area contributed by atoms with Crippen molar-refractivity contribution in [3.8, 4) is 0 Å². The van der Waals surface area contributed by atoms with Crippen molar-refractivity contribution in [3.63, 3.8) is 0 Å². The minimum Gasteiger partial charge on any atom is -0.395 e. The fourth-order valence-corrected chi connectivity index (χ4v) is 3.42. The molecule has 1 aliphatic rings. The second kappa shape index (κ2) is 8.35. The van der Waals surface area contributed by atoms with Crippen LogP contribution in [-0.4, -0.2) is 48.8 Å². The molecule has 2 N–H and O–H groups in total. The van der Waals surface area contributed by atoms with Crippen LogP contribution in [0.3, 0.4) is 0 Å². The van der Waals surface area contributed by atoms with E-state index < -0.39 is 0 Å². The molecule has 2 unspecified atom stereocenters. The number of aliphatic hydroxyl groups is 1. The van der Waals surface area contributed by atoms with Crippen molar-refractivity contribution in [3.05, 3.63) is 0 Å². The number of hydrogen-bond donors (Lipinski definition) is 2. The molecule has 20 heavy (non-hydrogen) atoms. The van der Waals surface area contributed by atoms with Gasteiger partial charge in [0.1, 0.15) is 0 Å². The van der Waals surface area contributed by atoms with E-state index in [1.54, 1.807) is 0 Å². The quantitative estimate of drug-likeness (QED) is 0.683. The lowest BCUT2D eigenvalue weighted by Gasteiger charge is -2.38. The first-order chi connectivity index (χ1) is 9.48. The average molecular weight is 284 g/mol. The van der Waals surface area contributed by atoms with Gasteiger partial charge in [0.15, 0.2) is 0 Å². The molecule has 0 amide bonds. The Labute approximate surface area is 126 Å². The molecule has 1 aliphatic heterocycles. The minimum atomic E-state index is 0.310. The number of rotatable bonds is 9. The van der Waals surface area contributed by atoms with Crippen molar-refractivity contribution >= 4 is 0 Å². The first-order valence-corrected chi connectivity index (χ1v) is 8.53. The molecular formula is C17H36N2O. The molecule has 1 heterocycles. The molecule has 3 heteroatoms. The average Bonchev–Trinajstić information content (AvgIpc) is 2.77. The van der Waals surface area contributed by atoms with E-state index >= 15 is 0 Å². The summed E-state index contributed by atoms with van der Waals surface area (Å²) in [5, 5.41) is 13.3. The summed E-state index contributed by atoms with van der Waals surface area (Å²) >= 11 is 0. The van der Waals surface area contributed by atoms with Gasteiger partial charge < -0.3 is 10.4 Å². The van der Waals surface area contributed by atoms with E-state index in [9.17, 15) is 5.11 Å². The van der Waals surface area contributed by atoms with Crippen LogP contribution in [0.1, 0.15) is 53.9 Å². The maximum atomic E-state index is 9.64. The molecule has 3 nitrogen and oxygen atoms in total. The normalized spacial score (nSPS) is 24.8. The van der Waals surface area contributed by atoms with Crippen molar-refractivity contribution in [1.82, 2.24) is 10.2 Å². The number of nitrogens with zero attached hydrogens (tertiary/aromatic N) is 1. The molecule has 2 atom stereocenters. The summed E-state index contributed by atoms with van der Waals surface area (Å²) in [4.78, 5) is 2.54. The Morgan fingerprint density at radius 1 is 1.30 bits per heavy atom. The molecule has 0 aliphatic carbocycles. The maximum absolute atomic E-state index is 9.64. The number of aliphatic hydroxyl groups excluding tert-OH is 1. The summed E-state index contributed by atoms with van der Waals surface area (Å²) in [6.45, 7) is 16.2. The van der Waals surface area contributed by atoms with E-state index in [-0.39, 0.29) is 0 Å². The highest BCUT2D eigenvalue weighted by atomic mass is 16.3. The van der Waals surface area contributed by atoms with Crippen LogP contribution in [0.4, 0.5) is 0 Å². The van der Waals surface area contributed by atoms with E-state index in [0.29, 0.717) is 29.9 Å². The van der Waals surface area contributed by atoms with Crippen molar-refractivity contribution in [2.75, 3.05) is 32.8 Å². The van der Waals surface area contributed by atoms with Gasteiger partial charge in [-0.3, -0.25) is 4.90 Å². The van der Waals surface area contributed by atoms with Crippen LogP contribution >= 0.6 is 0 Å². The zero-order chi connectivity index (χ0) is 15.2. The molecule has 0 radical (unpaired) electrons. The zero-order valence-corrected chi connectivity index (χ0v) is 14.3. The SMILES string of the molecule is CCC(CC)(CNCC(C)C)CN1CCC(C)C1CO. The van der Waals surface area contributed by atoms with Crippen LogP contribution in [0.5, 0.6) is 0 Å². The van der Waals surface area contributed by atoms with Gasteiger partial charge >= 0.3 is 0 Å². The fraction of sp³-hybridized carbons (Fsp3) is 1.00. The molecule has 0 aromatic heterocycles. The van der Waals surface area contributed by atoms with Gasteiger partial charge in [0.25, 0.3) is 0 Å². The van der Waals surface area contributed by atoms with Crippen LogP contribution in [0, 0.1) is 17.3 Å². The highest BCUT2D eigenvalue weighted by Crippen LogP contribution is 2.32. The van der Waals surface area contributed by atoms with Gasteiger partial charge in [-0.2, -0.15) is 0 Å². The summed E-state index contributed by atoms with van der Waals surface area (Å²) in [6, 6.07) is 0.373. The Morgan fingerprint density at radius 2 is 1.95 bits per heavy atom. The van der Waals surface area contributed by atoms with Crippen LogP contribution < -0.4 is 5.32 Å². The van der Waals surface area contributed by atoms with Crippen molar-refractivity contribution in [1.29, 1.82) is 0 Å². The van der Waals surface area contributed by atoms with Gasteiger partial charge in [0.05, 0.1) is 6.61 Å². The second-order valence-electron chi connectivity index (χ2n) is 7.22. The van der Waals surface area contributed by atoms with Crippen LogP contribution in [0.15, 0.2) is 0 Å². The van der Waals surface area contributed by atoms with Gasteiger partial charge in [0, 0.05) is 19.1 Å². The van der Waals surface area contributed by atoms with E-state index in [1.807, 2.05) is 0 Å². The van der Waals surface area contributed by atoms with Crippen molar-refractivity contribution < 1.29 is 5.11 Å². The lowest BCUT2D eigenvalue weighted by molar-refractivity contribution is 0.0825. The van der Waals surface area contributed by atoms with Gasteiger partial charge in [-0.05, 0) is 49.6 Å². The Bertz CT molecular complexity index is 264. The molecule has 1 fully saturated rings. The third-order valence-corrected chi connectivity index (χ3v) is 5.28. The lowest BCUT2D eigenvalue weighted by atomic mass is 9.81. The number of hydrogen-bond acceptors (Lipinski definition) is 3. The molecule has 0 bridgehead atoms. The third kappa shape index (κ3) is 4.71. The predicted molar refractivity (Wildman–Crippen MR) is 87.0 cm³/mol. The fourth-order valence-electron chi connectivity index (χ4n) is 3.42. The largest absolute Gasteiger partial charge is 0.395 e. The van der Waals surface area contributed by atoms with Gasteiger partial charge in [-0.25, -0.2) is 0 Å². The Hall–Kier alpha value is -0.120. The first-order valence-electron chi connectivity index (χ1n) is 8.53. The zero-order valence-electron chi connectivity index (χ0n) is 14.3. The number of nitrogens with one attached hydrogen (secondary N) is 1. The van der Waals surface area contributed by atoms with Crippen LogP contribution in [-0.2, 0) is 0 Å². The maximum Gasteiger partial charge on any atom is 0.0589 e. The summed E-state index contributed by atoms with van der Waals surface area (Å²) < 4.78 is 0. The summed E-state index contributed by atoms with van der Waals surface area (Å²) in [6.07, 6.45) is 3.64. The second-order valence-corrected chi connectivity index (χ2v) is 7.22. The minimum absolute atomic E-state index is 0.310. The molecule has 0 spiro atoms. The molecule has 1 rings (SSSR count). The monoisotopic (exact) mass is 284 g/mol. The van der Waals surface area contributed by atoms with Crippen LogP contribution in [0.2, 0.25) is 0 Å². The summed E-state index contributed by atoms with van der Waals surface area (Å²) in [5.74, 6) is 1.34. The highest BCUT2D eigenvalue weighted by molar-refractivity contribution is 4.90. The standard InChI is InChI=1S/C17H36N2O/c1-6-17(7-2,12-18-10-14(3)4)13-19-9-8-15(5)16(19)11-20/h14-16,18,20H,6-13H2,1-5H3. The van der Waals surface area contributed by atoms with E-state index in [0.717, 1.165) is 26.2 Å². The molecule has 0 saturated carbocycles. The highest BCUT2D eigenvalue weighted by Gasteiger charge is 2.36. The Balaban J connectivity index is 2.61. The van der Waals surface area contributed by atoms with Gasteiger partial charge in [0.2, 0.25) is 0 Å². The topological polar surface area (TPSA) is 35.5 Å². The van der Waals surface area contributed by atoms with Crippen LogP contribution in [0.25, 0.3) is 0 Å². The number of likely N-dealkylation sites (tertiary alicyclic amines) is 1. The first kappa shape index (κ1) is 17.9. The Morgan fingerprint density at radius 3 is 2.45 bits per heavy atom. The van der Waals surface area contributed by atoms with Gasteiger partial charge in [-0.1, -0.05) is 34.6 Å².